The molecule has 3 aromatic rings. The Labute approximate surface area is 440 Å². The highest BCUT2D eigenvalue weighted by molar-refractivity contribution is 6.14. The van der Waals surface area contributed by atoms with Crippen molar-refractivity contribution in [1.82, 2.24) is 50.0 Å². The average Bonchev–Trinajstić information content (AvgIpc) is 4.16. The number of cyclic esters (lactones) is 1. The zero-order valence-electron chi connectivity index (χ0n) is 44.3. The van der Waals surface area contributed by atoms with Crippen molar-refractivity contribution < 1.29 is 52.6 Å². The van der Waals surface area contributed by atoms with Gasteiger partial charge >= 0.3 is 11.9 Å². The first-order valence-corrected chi connectivity index (χ1v) is 25.8. The van der Waals surface area contributed by atoms with Gasteiger partial charge in [-0.05, 0) is 70.4 Å². The predicted molar refractivity (Wildman–Crippen MR) is 276 cm³/mol. The van der Waals surface area contributed by atoms with E-state index in [-0.39, 0.29) is 56.8 Å². The summed E-state index contributed by atoms with van der Waals surface area (Å²) in [6.45, 7) is 9.81. The SMILES string of the molecule is CCc1c2c(nc3ccccc13)-c1cc3c(c(=O)n1C2)COC(=O)[C@@]3(CC)OC(=O)[C@@H](NC(=O)[C@@H]1CCCN1C(=O)[C@H](CC(N)=O)NC(=O)CN(C)CCN(C)CCN(C)CCNC(=O)CN1C(=O)C=CC1=O)C(C)C. The van der Waals surface area contributed by atoms with Crippen LogP contribution in [0.4, 0.5) is 0 Å². The number of likely N-dealkylation sites (N-methyl/N-ethyl adjacent to an activating group) is 3. The second-order valence-electron chi connectivity index (χ2n) is 20.3. The summed E-state index contributed by atoms with van der Waals surface area (Å²) in [7, 11) is 5.54. The molecule has 0 spiro atoms. The van der Waals surface area contributed by atoms with Crippen LogP contribution in [0.3, 0.4) is 0 Å². The number of esters is 2. The van der Waals surface area contributed by atoms with Crippen LogP contribution in [0.5, 0.6) is 0 Å². The Bertz CT molecular complexity index is 2880. The van der Waals surface area contributed by atoms with E-state index in [1.165, 1.54) is 4.90 Å². The normalized spacial score (nSPS) is 18.5. The summed E-state index contributed by atoms with van der Waals surface area (Å²) in [5, 5.41) is 9.09. The summed E-state index contributed by atoms with van der Waals surface area (Å²) in [6, 6.07) is 5.61. The van der Waals surface area contributed by atoms with E-state index in [1.54, 1.807) is 43.4 Å². The predicted octanol–water partition coefficient (Wildman–Crippen LogP) is -0.478. The summed E-state index contributed by atoms with van der Waals surface area (Å²) >= 11 is 0. The molecule has 23 heteroatoms. The van der Waals surface area contributed by atoms with Gasteiger partial charge < -0.3 is 50.4 Å². The Morgan fingerprint density at radius 2 is 1.57 bits per heavy atom. The maximum absolute atomic E-state index is 14.4. The Hall–Kier alpha value is -7.37. The molecule has 6 heterocycles. The number of benzene rings is 1. The topological polar surface area (TPSA) is 285 Å². The molecule has 1 fully saturated rings. The highest BCUT2D eigenvalue weighted by Crippen LogP contribution is 2.42. The van der Waals surface area contributed by atoms with Crippen molar-refractivity contribution in [2.75, 3.05) is 80.0 Å². The molecule has 0 bridgehead atoms. The standard InChI is InChI=1S/C53H69N11O12/c1-8-32-33-13-10-11-14-37(33)57-47-34(32)27-63-40(47)25-36-35(49(63)71)30-75-52(74)53(36,9-2)76-51(73)46(31(3)4)58-48(70)39-15-12-19-62(39)50(72)38(26-41(54)65)56-43(67)28-61(7)24-23-60(6)22-21-59(5)20-18-55-42(66)29-64-44(68)16-17-45(64)69/h10-11,13-14,16-17,25,31,38-39,46H,8-9,12,15,18-24,26-30H2,1-7H3,(H2,54,65)(H,55,66)(H,56,67)(H,58,70)/t38-,39-,46-,53-/m0/s1. The third-order valence-electron chi connectivity index (χ3n) is 14.6. The number of amides is 7. The van der Waals surface area contributed by atoms with Gasteiger partial charge in [0.2, 0.25) is 35.1 Å². The minimum Gasteiger partial charge on any atom is -0.457 e. The lowest BCUT2D eigenvalue weighted by Gasteiger charge is -2.37. The number of nitrogens with one attached hydrogen (secondary N) is 3. The molecule has 408 valence electrons. The van der Waals surface area contributed by atoms with E-state index in [4.69, 9.17) is 20.2 Å². The monoisotopic (exact) mass is 1050 g/mol. The number of hydrogen-bond donors (Lipinski definition) is 4. The van der Waals surface area contributed by atoms with E-state index in [0.29, 0.717) is 63.5 Å². The second kappa shape index (κ2) is 24.1. The Morgan fingerprint density at radius 1 is 0.895 bits per heavy atom. The molecule has 23 nitrogen and oxygen atoms in total. The highest BCUT2D eigenvalue weighted by atomic mass is 16.6. The number of carbonyl (C=O) groups excluding carboxylic acids is 9. The van der Waals surface area contributed by atoms with Crippen LogP contribution in [0.2, 0.25) is 0 Å². The molecule has 0 radical (unpaired) electrons. The van der Waals surface area contributed by atoms with Crippen LogP contribution in [-0.2, 0) is 77.8 Å². The maximum atomic E-state index is 14.4. The Kier molecular flexibility index (Phi) is 17.9. The van der Waals surface area contributed by atoms with Gasteiger partial charge in [0.1, 0.15) is 31.3 Å². The summed E-state index contributed by atoms with van der Waals surface area (Å²) in [5.74, 6) is -6.69. The van der Waals surface area contributed by atoms with Crippen LogP contribution in [0.15, 0.2) is 47.3 Å². The van der Waals surface area contributed by atoms with Crippen LogP contribution >= 0.6 is 0 Å². The van der Waals surface area contributed by atoms with Gasteiger partial charge in [0.05, 0.1) is 42.0 Å². The molecule has 5 N–H and O–H groups in total. The minimum atomic E-state index is -2.05. The molecule has 7 rings (SSSR count). The van der Waals surface area contributed by atoms with Gasteiger partial charge in [-0.2, -0.15) is 0 Å². The Morgan fingerprint density at radius 3 is 2.22 bits per heavy atom. The average molecular weight is 1050 g/mol. The molecule has 2 aromatic heterocycles. The van der Waals surface area contributed by atoms with Crippen molar-refractivity contribution in [3.05, 3.63) is 75.1 Å². The summed E-state index contributed by atoms with van der Waals surface area (Å²) < 4.78 is 13.4. The third kappa shape index (κ3) is 12.2. The lowest BCUT2D eigenvalue weighted by molar-refractivity contribution is -0.191. The smallest absolute Gasteiger partial charge is 0.355 e. The first-order valence-electron chi connectivity index (χ1n) is 25.8. The van der Waals surface area contributed by atoms with E-state index in [1.807, 2.05) is 50.2 Å². The van der Waals surface area contributed by atoms with Crippen molar-refractivity contribution in [3.8, 4) is 11.4 Å². The number of nitrogens with zero attached hydrogens (tertiary/aromatic N) is 7. The first kappa shape index (κ1) is 56.4. The number of pyridine rings is 2. The molecular formula is C53H69N11O12. The highest BCUT2D eigenvalue weighted by Gasteiger charge is 2.52. The number of aryl methyl sites for hydroxylation is 1. The van der Waals surface area contributed by atoms with Crippen molar-refractivity contribution in [2.45, 2.75) is 96.7 Å². The summed E-state index contributed by atoms with van der Waals surface area (Å²) in [5.41, 5.74) is 7.25. The largest absolute Gasteiger partial charge is 0.457 e. The molecule has 4 aliphatic heterocycles. The number of imide groups is 1. The van der Waals surface area contributed by atoms with E-state index in [0.717, 1.165) is 39.1 Å². The summed E-state index contributed by atoms with van der Waals surface area (Å²) in [6.07, 6.45) is 2.92. The summed E-state index contributed by atoms with van der Waals surface area (Å²) in [4.78, 5) is 145. The van der Waals surface area contributed by atoms with Gasteiger partial charge in [0.15, 0.2) is 0 Å². The van der Waals surface area contributed by atoms with E-state index in [9.17, 15) is 47.9 Å². The first-order chi connectivity index (χ1) is 36.2. The van der Waals surface area contributed by atoms with Crippen LogP contribution in [0, 0.1) is 5.92 Å². The number of aromatic nitrogens is 2. The van der Waals surface area contributed by atoms with Gasteiger partial charge in [0.25, 0.3) is 17.4 Å². The van der Waals surface area contributed by atoms with Crippen LogP contribution in [0.1, 0.15) is 75.6 Å². The molecule has 1 aromatic carbocycles. The molecule has 0 aliphatic carbocycles. The number of likely N-dealkylation sites (tertiary alicyclic amines) is 1. The fourth-order valence-corrected chi connectivity index (χ4v) is 10.2. The van der Waals surface area contributed by atoms with Crippen LogP contribution in [-0.4, -0.2) is 186 Å². The molecule has 76 heavy (non-hydrogen) atoms. The second-order valence-corrected chi connectivity index (χ2v) is 20.3. The zero-order chi connectivity index (χ0) is 55.2. The zero-order valence-corrected chi connectivity index (χ0v) is 44.3. The molecule has 1 saturated heterocycles. The lowest BCUT2D eigenvalue weighted by Crippen LogP contribution is -2.58. The van der Waals surface area contributed by atoms with E-state index in [2.05, 4.69) is 20.9 Å². The number of hydrogen-bond acceptors (Lipinski definition) is 16. The van der Waals surface area contributed by atoms with Gasteiger partial charge in [-0.3, -0.25) is 48.2 Å². The number of fused-ring (bicyclic) bond motifs is 5. The van der Waals surface area contributed by atoms with Crippen molar-refractivity contribution >= 4 is 64.2 Å². The fraction of sp³-hybridized carbons (Fsp3) is 0.528. The molecule has 0 unspecified atom stereocenters. The van der Waals surface area contributed by atoms with Gasteiger partial charge in [-0.1, -0.05) is 45.9 Å². The number of ether oxygens (including phenoxy) is 2. The van der Waals surface area contributed by atoms with Crippen molar-refractivity contribution in [1.29, 1.82) is 0 Å². The van der Waals surface area contributed by atoms with Crippen molar-refractivity contribution in [2.24, 2.45) is 11.7 Å². The molecule has 0 saturated carbocycles. The molecule has 7 amide bonds. The number of para-hydroxylation sites is 1. The van der Waals surface area contributed by atoms with Gasteiger partial charge in [-0.25, -0.2) is 14.6 Å². The van der Waals surface area contributed by atoms with Gasteiger partial charge in [0, 0.05) is 74.5 Å². The number of nitrogens with two attached hydrogens (primary N) is 1. The number of carbonyl (C=O) groups is 9. The third-order valence-corrected chi connectivity index (χ3v) is 14.6. The van der Waals surface area contributed by atoms with Crippen molar-refractivity contribution in [3.63, 3.8) is 0 Å². The lowest BCUT2D eigenvalue weighted by atomic mass is 9.85. The number of primary amides is 1. The van der Waals surface area contributed by atoms with E-state index < -0.39 is 94.9 Å². The fourth-order valence-electron chi connectivity index (χ4n) is 10.2. The van der Waals surface area contributed by atoms with Crippen LogP contribution in [0.25, 0.3) is 22.3 Å². The number of rotatable bonds is 24. The van der Waals surface area contributed by atoms with Gasteiger partial charge in [-0.15, -0.1) is 0 Å². The van der Waals surface area contributed by atoms with E-state index >= 15 is 0 Å². The molecular weight excluding hydrogens is 983 g/mol. The van der Waals surface area contributed by atoms with Crippen LogP contribution < -0.4 is 27.2 Å². The molecule has 4 aliphatic rings. The maximum Gasteiger partial charge on any atom is 0.355 e. The minimum absolute atomic E-state index is 0.102. The quantitative estimate of drug-likeness (QED) is 0.0510. The Balaban J connectivity index is 0.942. The molecule has 4 atom stereocenters.